The number of nitrogens with two attached hydrogens (primary N) is 1. The Labute approximate surface area is 129 Å². The molecule has 2 amide bonds. The van der Waals surface area contributed by atoms with Crippen LogP contribution in [0.15, 0.2) is 48.7 Å². The molecule has 2 aromatic rings. The Morgan fingerprint density at radius 2 is 1.74 bits per heavy atom. The van der Waals surface area contributed by atoms with Gasteiger partial charge in [-0.3, -0.25) is 14.6 Å². The molecule has 1 aromatic carbocycles. The first-order chi connectivity index (χ1) is 10.8. The van der Waals surface area contributed by atoms with Crippen molar-refractivity contribution in [3.05, 3.63) is 65.5 Å². The lowest BCUT2D eigenvalue weighted by molar-refractivity contribution is -0.141. The molecule has 1 heterocycles. The Morgan fingerprint density at radius 1 is 1.09 bits per heavy atom. The van der Waals surface area contributed by atoms with Crippen molar-refractivity contribution >= 4 is 11.8 Å². The Bertz CT molecular complexity index is 700. The van der Waals surface area contributed by atoms with Crippen molar-refractivity contribution in [3.8, 4) is 0 Å². The van der Waals surface area contributed by atoms with E-state index in [0.717, 1.165) is 12.3 Å². The summed E-state index contributed by atoms with van der Waals surface area (Å²) in [6.07, 6.45) is -3.80. The van der Waals surface area contributed by atoms with E-state index < -0.39 is 29.7 Å². The number of nitrogens with zero attached hydrogens (tertiary/aromatic N) is 1. The van der Waals surface area contributed by atoms with Crippen LogP contribution in [0.25, 0.3) is 0 Å². The lowest BCUT2D eigenvalue weighted by Gasteiger charge is -2.16. The standard InChI is InChI=1S/C15H12F3N3O2/c16-15(17,18)11-7-6-10(8-20-11)14(23)21-12(13(19)22)9-4-2-1-3-5-9/h1-8,12H,(H2,19,22)(H,21,23). The number of hydrogen-bond donors (Lipinski definition) is 2. The second-order valence-corrected chi connectivity index (χ2v) is 4.65. The van der Waals surface area contributed by atoms with Crippen LogP contribution < -0.4 is 11.1 Å². The molecule has 0 saturated carbocycles. The Morgan fingerprint density at radius 3 is 2.22 bits per heavy atom. The first-order valence-electron chi connectivity index (χ1n) is 6.47. The van der Waals surface area contributed by atoms with Crippen LogP contribution in [-0.2, 0) is 11.0 Å². The van der Waals surface area contributed by atoms with Gasteiger partial charge in [0.25, 0.3) is 5.91 Å². The smallest absolute Gasteiger partial charge is 0.368 e. The molecule has 8 heteroatoms. The Kier molecular flexibility index (Phi) is 4.63. The molecule has 2 rings (SSSR count). The zero-order valence-electron chi connectivity index (χ0n) is 11.7. The van der Waals surface area contributed by atoms with Crippen molar-refractivity contribution in [3.63, 3.8) is 0 Å². The van der Waals surface area contributed by atoms with Gasteiger partial charge in [0.05, 0.1) is 5.56 Å². The average molecular weight is 323 g/mol. The minimum absolute atomic E-state index is 0.111. The molecule has 0 radical (unpaired) electrons. The summed E-state index contributed by atoms with van der Waals surface area (Å²) in [5, 5.41) is 2.37. The monoisotopic (exact) mass is 323 g/mol. The van der Waals surface area contributed by atoms with Crippen LogP contribution in [0, 0.1) is 0 Å². The highest BCUT2D eigenvalue weighted by atomic mass is 19.4. The van der Waals surface area contributed by atoms with Gasteiger partial charge in [-0.1, -0.05) is 30.3 Å². The lowest BCUT2D eigenvalue weighted by atomic mass is 10.1. The van der Waals surface area contributed by atoms with E-state index in [0.29, 0.717) is 11.6 Å². The van der Waals surface area contributed by atoms with E-state index in [2.05, 4.69) is 10.3 Å². The van der Waals surface area contributed by atoms with E-state index >= 15 is 0 Å². The molecule has 120 valence electrons. The maximum Gasteiger partial charge on any atom is 0.433 e. The molecule has 3 N–H and O–H groups in total. The van der Waals surface area contributed by atoms with Crippen molar-refractivity contribution in [2.45, 2.75) is 12.2 Å². The van der Waals surface area contributed by atoms with Crippen LogP contribution in [0.3, 0.4) is 0 Å². The van der Waals surface area contributed by atoms with Crippen LogP contribution in [0.4, 0.5) is 13.2 Å². The number of aromatic nitrogens is 1. The van der Waals surface area contributed by atoms with Gasteiger partial charge in [-0.2, -0.15) is 13.2 Å². The van der Waals surface area contributed by atoms with E-state index in [1.165, 1.54) is 0 Å². The molecule has 5 nitrogen and oxygen atoms in total. The van der Waals surface area contributed by atoms with E-state index in [4.69, 9.17) is 5.73 Å². The maximum atomic E-state index is 12.4. The molecule has 1 unspecified atom stereocenters. The number of pyridine rings is 1. The van der Waals surface area contributed by atoms with Gasteiger partial charge in [0.15, 0.2) is 0 Å². The summed E-state index contributed by atoms with van der Waals surface area (Å²) in [6.45, 7) is 0. The maximum absolute atomic E-state index is 12.4. The first-order valence-corrected chi connectivity index (χ1v) is 6.47. The van der Waals surface area contributed by atoms with Crippen LogP contribution in [-0.4, -0.2) is 16.8 Å². The number of amides is 2. The first kappa shape index (κ1) is 16.5. The van der Waals surface area contributed by atoms with Gasteiger partial charge >= 0.3 is 6.18 Å². The van der Waals surface area contributed by atoms with E-state index in [1.807, 2.05) is 0 Å². The summed E-state index contributed by atoms with van der Waals surface area (Å²) in [5.74, 6) is -1.54. The van der Waals surface area contributed by atoms with Crippen LogP contribution in [0.1, 0.15) is 27.7 Å². The number of hydrogen-bond acceptors (Lipinski definition) is 3. The zero-order valence-corrected chi connectivity index (χ0v) is 11.7. The lowest BCUT2D eigenvalue weighted by Crippen LogP contribution is -2.37. The Balaban J connectivity index is 2.18. The molecule has 23 heavy (non-hydrogen) atoms. The van der Waals surface area contributed by atoms with Gasteiger partial charge in [0, 0.05) is 6.20 Å². The summed E-state index contributed by atoms with van der Waals surface area (Å²) in [6, 6.07) is 8.83. The highest BCUT2D eigenvalue weighted by Gasteiger charge is 2.32. The van der Waals surface area contributed by atoms with Crippen molar-refractivity contribution in [2.75, 3.05) is 0 Å². The molecule has 1 atom stereocenters. The van der Waals surface area contributed by atoms with Gasteiger partial charge in [0.2, 0.25) is 5.91 Å². The summed E-state index contributed by atoms with van der Waals surface area (Å²) in [5.41, 5.74) is 4.51. The molecule has 0 aliphatic rings. The number of carbonyl (C=O) groups excluding carboxylic acids is 2. The summed E-state index contributed by atoms with van der Waals surface area (Å²) >= 11 is 0. The van der Waals surface area contributed by atoms with Gasteiger partial charge in [-0.15, -0.1) is 0 Å². The van der Waals surface area contributed by atoms with Crippen LogP contribution >= 0.6 is 0 Å². The number of nitrogens with one attached hydrogen (secondary N) is 1. The van der Waals surface area contributed by atoms with Gasteiger partial charge in [-0.05, 0) is 17.7 Å². The topological polar surface area (TPSA) is 85.1 Å². The third-order valence-corrected chi connectivity index (χ3v) is 3.01. The normalized spacial score (nSPS) is 12.5. The van der Waals surface area contributed by atoms with Crippen molar-refractivity contribution in [2.24, 2.45) is 5.73 Å². The number of rotatable bonds is 4. The van der Waals surface area contributed by atoms with Gasteiger partial charge in [-0.25, -0.2) is 0 Å². The summed E-state index contributed by atoms with van der Waals surface area (Å²) in [7, 11) is 0. The molecule has 0 fully saturated rings. The quantitative estimate of drug-likeness (QED) is 0.903. The SMILES string of the molecule is NC(=O)C(NC(=O)c1ccc(C(F)(F)F)nc1)c1ccccc1. The predicted octanol–water partition coefficient (Wildman–Crippen LogP) is 2.06. The molecule has 0 bridgehead atoms. The fourth-order valence-electron chi connectivity index (χ4n) is 1.87. The third-order valence-electron chi connectivity index (χ3n) is 3.01. The van der Waals surface area contributed by atoms with Gasteiger partial charge in [0.1, 0.15) is 11.7 Å². The largest absolute Gasteiger partial charge is 0.433 e. The molecule has 0 aliphatic carbocycles. The van der Waals surface area contributed by atoms with Crippen molar-refractivity contribution in [1.82, 2.24) is 10.3 Å². The minimum atomic E-state index is -4.59. The molecule has 0 saturated heterocycles. The van der Waals surface area contributed by atoms with E-state index in [-0.39, 0.29) is 5.56 Å². The van der Waals surface area contributed by atoms with E-state index in [9.17, 15) is 22.8 Å². The molecule has 1 aromatic heterocycles. The highest BCUT2D eigenvalue weighted by Crippen LogP contribution is 2.27. The number of primary amides is 1. The molecular weight excluding hydrogens is 311 g/mol. The average Bonchev–Trinajstić information content (AvgIpc) is 2.52. The zero-order chi connectivity index (χ0) is 17.0. The Hall–Kier alpha value is -2.90. The number of alkyl halides is 3. The third kappa shape index (κ3) is 4.06. The molecule has 0 aliphatic heterocycles. The fraction of sp³-hybridized carbons (Fsp3) is 0.133. The number of carbonyl (C=O) groups is 2. The predicted molar refractivity (Wildman–Crippen MR) is 75.1 cm³/mol. The number of benzene rings is 1. The van der Waals surface area contributed by atoms with E-state index in [1.54, 1.807) is 30.3 Å². The number of halogens is 3. The molecular formula is C15H12F3N3O2. The van der Waals surface area contributed by atoms with Crippen LogP contribution in [0.2, 0.25) is 0 Å². The highest BCUT2D eigenvalue weighted by molar-refractivity contribution is 5.97. The fourth-order valence-corrected chi connectivity index (χ4v) is 1.87. The van der Waals surface area contributed by atoms with Crippen molar-refractivity contribution in [1.29, 1.82) is 0 Å². The van der Waals surface area contributed by atoms with Gasteiger partial charge < -0.3 is 11.1 Å². The second-order valence-electron chi connectivity index (χ2n) is 4.65. The summed E-state index contributed by atoms with van der Waals surface area (Å²) < 4.78 is 37.3. The summed E-state index contributed by atoms with van der Waals surface area (Å²) in [4.78, 5) is 26.7. The van der Waals surface area contributed by atoms with Crippen molar-refractivity contribution < 1.29 is 22.8 Å². The minimum Gasteiger partial charge on any atom is -0.368 e. The second kappa shape index (κ2) is 6.47. The van der Waals surface area contributed by atoms with Crippen LogP contribution in [0.5, 0.6) is 0 Å². The molecule has 0 spiro atoms.